The number of hydrogen-bond acceptors (Lipinski definition) is 2. The van der Waals surface area contributed by atoms with Gasteiger partial charge in [-0.15, -0.1) is 11.6 Å². The summed E-state index contributed by atoms with van der Waals surface area (Å²) in [5.74, 6) is 0.558. The van der Waals surface area contributed by atoms with Crippen molar-refractivity contribution in [2.75, 3.05) is 13.2 Å². The van der Waals surface area contributed by atoms with Gasteiger partial charge in [-0.3, -0.25) is 0 Å². The first-order valence-electron chi connectivity index (χ1n) is 5.78. The molecule has 0 aromatic carbocycles. The van der Waals surface area contributed by atoms with E-state index in [1.54, 1.807) is 0 Å². The minimum atomic E-state index is -1.59. The van der Waals surface area contributed by atoms with Gasteiger partial charge in [0.15, 0.2) is 0 Å². The van der Waals surface area contributed by atoms with Gasteiger partial charge in [-0.05, 0) is 32.6 Å². The molecule has 2 rings (SSSR count). The van der Waals surface area contributed by atoms with Crippen LogP contribution in [-0.4, -0.2) is 27.9 Å². The zero-order valence-electron chi connectivity index (χ0n) is 9.41. The molecule has 0 radical (unpaired) electrons. The van der Waals surface area contributed by atoms with E-state index in [0.29, 0.717) is 11.3 Å². The summed E-state index contributed by atoms with van der Waals surface area (Å²) >= 11 is 6.30. The third-order valence-corrected chi connectivity index (χ3v) is 6.79. The average molecular weight is 247 g/mol. The number of rotatable bonds is 5. The van der Waals surface area contributed by atoms with Crippen molar-refractivity contribution in [1.29, 1.82) is 0 Å². The summed E-state index contributed by atoms with van der Waals surface area (Å²) in [6, 6.07) is 0. The molecule has 3 atom stereocenters. The van der Waals surface area contributed by atoms with Gasteiger partial charge in [-0.25, -0.2) is 0 Å². The average Bonchev–Trinajstić information content (AvgIpc) is 2.75. The lowest BCUT2D eigenvalue weighted by Crippen LogP contribution is -2.36. The van der Waals surface area contributed by atoms with E-state index in [0.717, 1.165) is 26.1 Å². The second-order valence-electron chi connectivity index (χ2n) is 4.42. The van der Waals surface area contributed by atoms with Crippen molar-refractivity contribution < 1.29 is 8.85 Å². The molecule has 2 aliphatic carbocycles. The van der Waals surface area contributed by atoms with Crippen LogP contribution in [0.1, 0.15) is 26.7 Å². The molecule has 3 unspecified atom stereocenters. The van der Waals surface area contributed by atoms with Gasteiger partial charge in [-0.2, -0.15) is 0 Å². The van der Waals surface area contributed by atoms with Gasteiger partial charge >= 0.3 is 9.28 Å². The highest BCUT2D eigenvalue weighted by Gasteiger charge is 2.53. The summed E-state index contributed by atoms with van der Waals surface area (Å²) in [4.78, 5) is 0. The van der Waals surface area contributed by atoms with Gasteiger partial charge in [0.05, 0.1) is 0 Å². The molecular formula is C11H19ClO2Si. The van der Waals surface area contributed by atoms with E-state index in [4.69, 9.17) is 20.5 Å². The van der Waals surface area contributed by atoms with Crippen molar-refractivity contribution >= 4 is 20.9 Å². The van der Waals surface area contributed by atoms with Crippen LogP contribution in [0.2, 0.25) is 5.04 Å². The van der Waals surface area contributed by atoms with Crippen LogP contribution in [0.4, 0.5) is 0 Å². The van der Waals surface area contributed by atoms with Crippen LogP contribution in [0.15, 0.2) is 12.2 Å². The van der Waals surface area contributed by atoms with Gasteiger partial charge in [0.1, 0.15) is 0 Å². The smallest absolute Gasteiger partial charge is 0.331 e. The van der Waals surface area contributed by atoms with E-state index in [1.165, 1.54) is 0 Å². The third-order valence-electron chi connectivity index (χ3n) is 3.44. The first-order valence-corrected chi connectivity index (χ1v) is 7.74. The molecule has 0 spiro atoms. The van der Waals surface area contributed by atoms with Crippen LogP contribution in [0.3, 0.4) is 0 Å². The monoisotopic (exact) mass is 246 g/mol. The highest BCUT2D eigenvalue weighted by Crippen LogP contribution is 2.58. The van der Waals surface area contributed by atoms with Crippen molar-refractivity contribution in [2.45, 2.75) is 37.1 Å². The Balaban J connectivity index is 2.10. The Morgan fingerprint density at radius 3 is 2.40 bits per heavy atom. The summed E-state index contributed by atoms with van der Waals surface area (Å²) in [6.45, 7) is 5.59. The Kier molecular flexibility index (Phi) is 3.55. The first-order chi connectivity index (χ1) is 7.22. The van der Waals surface area contributed by atoms with Gasteiger partial charge in [0, 0.05) is 23.6 Å². The summed E-state index contributed by atoms with van der Waals surface area (Å²) in [7, 11) is -1.59. The Bertz CT molecular complexity index is 253. The molecular weight excluding hydrogens is 228 g/mol. The molecule has 1 fully saturated rings. The number of halogens is 1. The lowest BCUT2D eigenvalue weighted by atomic mass is 10.1. The maximum atomic E-state index is 6.30. The van der Waals surface area contributed by atoms with Crippen molar-refractivity contribution in [3.63, 3.8) is 0 Å². The van der Waals surface area contributed by atoms with Crippen molar-refractivity contribution in [3.8, 4) is 0 Å². The van der Waals surface area contributed by atoms with E-state index in [2.05, 4.69) is 12.2 Å². The Morgan fingerprint density at radius 1 is 1.33 bits per heavy atom. The van der Waals surface area contributed by atoms with Crippen molar-refractivity contribution in [1.82, 2.24) is 0 Å². The molecule has 0 saturated heterocycles. The molecule has 1 saturated carbocycles. The molecule has 0 amide bonds. The molecule has 15 heavy (non-hydrogen) atoms. The molecule has 4 heteroatoms. The van der Waals surface area contributed by atoms with Crippen LogP contribution in [-0.2, 0) is 8.85 Å². The number of fused-ring (bicyclic) bond motifs is 2. The summed E-state index contributed by atoms with van der Waals surface area (Å²) in [6.07, 6.45) is 6.78. The lowest BCUT2D eigenvalue weighted by Gasteiger charge is -2.31. The fraction of sp³-hybridized carbons (Fsp3) is 0.818. The molecule has 0 aliphatic heterocycles. The zero-order valence-corrected chi connectivity index (χ0v) is 11.3. The predicted octanol–water partition coefficient (Wildman–Crippen LogP) is 2.61. The Labute approximate surface area is 98.4 Å². The predicted molar refractivity (Wildman–Crippen MR) is 64.6 cm³/mol. The summed E-state index contributed by atoms with van der Waals surface area (Å²) < 4.78 is 11.7. The van der Waals surface area contributed by atoms with E-state index in [9.17, 15) is 0 Å². The molecule has 0 aromatic rings. The quantitative estimate of drug-likeness (QED) is 0.422. The normalized spacial score (nSPS) is 38.1. The molecule has 0 N–H and O–H groups in total. The fourth-order valence-electron chi connectivity index (χ4n) is 2.76. The van der Waals surface area contributed by atoms with Crippen LogP contribution >= 0.6 is 11.6 Å². The maximum Gasteiger partial charge on any atom is 0.331 e. The topological polar surface area (TPSA) is 18.5 Å². The molecule has 86 valence electrons. The van der Waals surface area contributed by atoms with E-state index >= 15 is 0 Å². The minimum Gasteiger partial charge on any atom is -0.396 e. The number of hydrogen-bond donors (Lipinski definition) is 0. The third kappa shape index (κ3) is 2.03. The van der Waals surface area contributed by atoms with Crippen LogP contribution in [0.25, 0.3) is 0 Å². The van der Waals surface area contributed by atoms with Crippen LogP contribution in [0.5, 0.6) is 0 Å². The van der Waals surface area contributed by atoms with Gasteiger partial charge < -0.3 is 8.85 Å². The summed E-state index contributed by atoms with van der Waals surface area (Å²) in [5, 5.41) is 0.481. The zero-order chi connectivity index (χ0) is 10.9. The van der Waals surface area contributed by atoms with E-state index < -0.39 is 9.28 Å². The van der Waals surface area contributed by atoms with E-state index in [1.807, 2.05) is 13.8 Å². The van der Waals surface area contributed by atoms with Gasteiger partial charge in [-0.1, -0.05) is 12.2 Å². The number of allylic oxidation sites excluding steroid dienone is 2. The molecule has 2 nitrogen and oxygen atoms in total. The van der Waals surface area contributed by atoms with Crippen molar-refractivity contribution in [2.24, 2.45) is 5.92 Å². The van der Waals surface area contributed by atoms with Gasteiger partial charge in [0.2, 0.25) is 0 Å². The highest BCUT2D eigenvalue weighted by atomic mass is 35.5. The first kappa shape index (κ1) is 11.6. The van der Waals surface area contributed by atoms with Crippen LogP contribution < -0.4 is 0 Å². The fourth-order valence-corrected chi connectivity index (χ4v) is 5.91. The van der Waals surface area contributed by atoms with Gasteiger partial charge in [0.25, 0.3) is 0 Å². The van der Waals surface area contributed by atoms with E-state index in [-0.39, 0.29) is 5.04 Å². The second kappa shape index (κ2) is 4.58. The standard InChI is InChI=1S/C11H19ClO2Si/c1-3-13-15(14-4-2)11-6-5-9(7-11)10(12)8-11/h5-6,9-10,15H,3-4,7-8H2,1-2H3. The molecule has 2 aliphatic rings. The number of alkyl halides is 1. The van der Waals surface area contributed by atoms with Crippen LogP contribution in [0, 0.1) is 5.92 Å². The molecule has 0 aromatic heterocycles. The highest BCUT2D eigenvalue weighted by molar-refractivity contribution is 6.50. The largest absolute Gasteiger partial charge is 0.396 e. The maximum absolute atomic E-state index is 6.30. The summed E-state index contributed by atoms with van der Waals surface area (Å²) in [5.41, 5.74) is 0. The molecule has 2 bridgehead atoms. The Hall–Kier alpha value is 0.167. The Morgan fingerprint density at radius 2 is 2.00 bits per heavy atom. The molecule has 0 heterocycles. The lowest BCUT2D eigenvalue weighted by molar-refractivity contribution is 0.193. The second-order valence-corrected chi connectivity index (χ2v) is 7.46. The SMILES string of the molecule is CCO[SiH](OCC)C12C=CC(C1)C(Cl)C2. The minimum absolute atomic E-state index is 0.184. The van der Waals surface area contributed by atoms with Crippen molar-refractivity contribution in [3.05, 3.63) is 12.2 Å².